The molecule has 11 heteroatoms. The Hall–Kier alpha value is -3.40. The number of carbonyl (C=O) groups is 1. The van der Waals surface area contributed by atoms with Gasteiger partial charge in [0.1, 0.15) is 18.0 Å². The summed E-state index contributed by atoms with van der Waals surface area (Å²) in [7, 11) is 0. The Kier molecular flexibility index (Phi) is 6.35. The number of amides is 1. The van der Waals surface area contributed by atoms with E-state index >= 15 is 0 Å². The van der Waals surface area contributed by atoms with Crippen LogP contribution in [-0.2, 0) is 11.0 Å². The number of nitrogen functional groups attached to an aromatic ring is 1. The van der Waals surface area contributed by atoms with Crippen molar-refractivity contribution in [2.24, 2.45) is 0 Å². The van der Waals surface area contributed by atoms with Crippen molar-refractivity contribution in [3.05, 3.63) is 53.3 Å². The molecule has 0 radical (unpaired) electrons. The van der Waals surface area contributed by atoms with Crippen molar-refractivity contribution in [3.63, 3.8) is 0 Å². The first kappa shape index (κ1) is 24.7. The number of piperazine rings is 1. The molecule has 2 aromatic heterocycles. The second-order valence-corrected chi connectivity index (χ2v) is 9.09. The molecule has 0 saturated carbocycles. The summed E-state index contributed by atoms with van der Waals surface area (Å²) in [5.74, 6) is 0.399. The number of carbonyl (C=O) groups excluding carboxylic acids is 1. The molecule has 2 atom stereocenters. The van der Waals surface area contributed by atoms with Crippen molar-refractivity contribution in [3.8, 4) is 11.3 Å². The maximum absolute atomic E-state index is 13.9. The van der Waals surface area contributed by atoms with E-state index in [2.05, 4.69) is 26.4 Å². The van der Waals surface area contributed by atoms with E-state index < -0.39 is 11.7 Å². The zero-order valence-corrected chi connectivity index (χ0v) is 20.2. The van der Waals surface area contributed by atoms with Crippen LogP contribution in [0.3, 0.4) is 0 Å². The van der Waals surface area contributed by atoms with Gasteiger partial charge in [-0.15, -0.1) is 0 Å². The van der Waals surface area contributed by atoms with Gasteiger partial charge in [-0.2, -0.15) is 13.2 Å². The molecule has 1 aliphatic rings. The summed E-state index contributed by atoms with van der Waals surface area (Å²) < 4.78 is 41.7. The molecule has 2 unspecified atom stereocenters. The van der Waals surface area contributed by atoms with Gasteiger partial charge >= 0.3 is 6.18 Å². The monoisotopic (exact) mass is 504 g/mol. The molecule has 1 aromatic carbocycles. The van der Waals surface area contributed by atoms with Crippen LogP contribution < -0.4 is 10.6 Å². The summed E-state index contributed by atoms with van der Waals surface area (Å²) in [5, 5.41) is 0.648. The Morgan fingerprint density at radius 3 is 2.46 bits per heavy atom. The Bertz CT molecular complexity index is 1320. The van der Waals surface area contributed by atoms with Crippen LogP contribution in [0.5, 0.6) is 0 Å². The summed E-state index contributed by atoms with van der Waals surface area (Å²) in [5.41, 5.74) is 4.98. The average molecular weight is 505 g/mol. The van der Waals surface area contributed by atoms with E-state index in [9.17, 15) is 18.0 Å². The molecule has 3 heterocycles. The average Bonchev–Trinajstić information content (AvgIpc) is 2.76. The molecule has 4 rings (SSSR count). The van der Waals surface area contributed by atoms with Crippen LogP contribution in [0.25, 0.3) is 22.2 Å². The fourth-order valence-corrected chi connectivity index (χ4v) is 5.00. The van der Waals surface area contributed by atoms with Crippen LogP contribution in [0.2, 0.25) is 5.02 Å². The highest BCUT2D eigenvalue weighted by atomic mass is 35.5. The minimum absolute atomic E-state index is 0.0420. The largest absolute Gasteiger partial charge is 0.418 e. The Balaban J connectivity index is 1.85. The van der Waals surface area contributed by atoms with Crippen molar-refractivity contribution in [2.45, 2.75) is 39.0 Å². The maximum atomic E-state index is 13.9. The minimum Gasteiger partial charge on any atom is -0.384 e. The Labute approximate surface area is 205 Å². The lowest BCUT2D eigenvalue weighted by molar-refractivity contribution is -0.137. The van der Waals surface area contributed by atoms with Crippen molar-refractivity contribution in [2.75, 3.05) is 23.7 Å². The van der Waals surface area contributed by atoms with Gasteiger partial charge in [-0.05, 0) is 50.6 Å². The normalized spacial score (nSPS) is 18.7. The van der Waals surface area contributed by atoms with E-state index in [1.807, 2.05) is 13.8 Å². The van der Waals surface area contributed by atoms with E-state index in [0.717, 1.165) is 0 Å². The van der Waals surface area contributed by atoms with Crippen molar-refractivity contribution < 1.29 is 18.0 Å². The predicted octanol–water partition coefficient (Wildman–Crippen LogP) is 4.87. The summed E-state index contributed by atoms with van der Waals surface area (Å²) in [4.78, 5) is 28.7. The topological polar surface area (TPSA) is 88.2 Å². The molecule has 1 fully saturated rings. The number of anilines is 2. The van der Waals surface area contributed by atoms with Gasteiger partial charge in [0.05, 0.1) is 21.8 Å². The lowest BCUT2D eigenvalue weighted by Crippen LogP contribution is -2.58. The summed E-state index contributed by atoms with van der Waals surface area (Å²) in [6.45, 7) is 9.76. The highest BCUT2D eigenvalue weighted by Crippen LogP contribution is 2.42. The molecular formula is C24H24ClF3N6O. The third kappa shape index (κ3) is 4.50. The number of alkyl halides is 3. The van der Waals surface area contributed by atoms with Gasteiger partial charge in [-0.3, -0.25) is 4.79 Å². The van der Waals surface area contributed by atoms with E-state index in [4.69, 9.17) is 17.3 Å². The minimum atomic E-state index is -4.65. The maximum Gasteiger partial charge on any atom is 0.418 e. The Morgan fingerprint density at radius 1 is 1.20 bits per heavy atom. The molecule has 1 aliphatic heterocycles. The van der Waals surface area contributed by atoms with E-state index in [0.29, 0.717) is 29.8 Å². The fourth-order valence-electron chi connectivity index (χ4n) is 4.75. The van der Waals surface area contributed by atoms with Crippen molar-refractivity contribution in [1.82, 2.24) is 19.9 Å². The number of aryl methyl sites for hydroxylation is 1. The van der Waals surface area contributed by atoms with Gasteiger partial charge in [0.15, 0.2) is 0 Å². The van der Waals surface area contributed by atoms with Crippen LogP contribution >= 0.6 is 11.6 Å². The first-order valence-corrected chi connectivity index (χ1v) is 11.3. The molecule has 2 N–H and O–H groups in total. The lowest BCUT2D eigenvalue weighted by atomic mass is 9.99. The second-order valence-electron chi connectivity index (χ2n) is 8.68. The van der Waals surface area contributed by atoms with Crippen LogP contribution in [0, 0.1) is 6.92 Å². The molecule has 0 spiro atoms. The number of benzene rings is 1. The van der Waals surface area contributed by atoms with Crippen LogP contribution in [0.15, 0.2) is 37.2 Å². The Morgan fingerprint density at radius 2 is 1.86 bits per heavy atom. The first-order valence-electron chi connectivity index (χ1n) is 10.9. The standard InChI is InChI=1S/C24H24ClF3N6O/c1-5-20(35)33-9-13(3)34(14(4)10-33)23-16-7-17(25)15(8-18(16)30-11-31-23)22-21(24(26,27)28)12(2)6-19(29)32-22/h5-8,11,13-14H,1,9-10H2,2-4H3,(H2,29,32). The number of nitrogens with two attached hydrogens (primary N) is 1. The van der Waals surface area contributed by atoms with Gasteiger partial charge in [0.25, 0.3) is 0 Å². The molecule has 7 nitrogen and oxygen atoms in total. The summed E-state index contributed by atoms with van der Waals surface area (Å²) in [6.07, 6.45) is -2.00. The fraction of sp³-hybridized carbons (Fsp3) is 0.333. The molecule has 0 bridgehead atoms. The molecule has 184 valence electrons. The number of rotatable bonds is 3. The van der Waals surface area contributed by atoms with E-state index in [1.165, 1.54) is 31.5 Å². The third-order valence-corrected chi connectivity index (χ3v) is 6.44. The molecule has 1 saturated heterocycles. The van der Waals surface area contributed by atoms with Crippen LogP contribution in [0.4, 0.5) is 24.8 Å². The number of pyridine rings is 1. The number of hydrogen-bond donors (Lipinski definition) is 1. The smallest absolute Gasteiger partial charge is 0.384 e. The third-order valence-electron chi connectivity index (χ3n) is 6.13. The number of hydrogen-bond acceptors (Lipinski definition) is 6. The zero-order valence-electron chi connectivity index (χ0n) is 19.4. The predicted molar refractivity (Wildman–Crippen MR) is 130 cm³/mol. The zero-order chi connectivity index (χ0) is 25.7. The quantitative estimate of drug-likeness (QED) is 0.512. The second kappa shape index (κ2) is 8.99. The lowest BCUT2D eigenvalue weighted by Gasteiger charge is -2.45. The number of nitrogens with zero attached hydrogens (tertiary/aromatic N) is 5. The van der Waals surface area contributed by atoms with Crippen molar-refractivity contribution in [1.29, 1.82) is 0 Å². The SMILES string of the molecule is C=CC(=O)N1CC(C)N(c2ncnc3cc(-c4nc(N)cc(C)c4C(F)(F)F)c(Cl)cc23)C(C)C1. The number of fused-ring (bicyclic) bond motifs is 1. The summed E-state index contributed by atoms with van der Waals surface area (Å²) in [6, 6.07) is 4.04. The first-order chi connectivity index (χ1) is 16.4. The van der Waals surface area contributed by atoms with Gasteiger partial charge in [0, 0.05) is 36.1 Å². The molecule has 1 amide bonds. The highest BCUT2D eigenvalue weighted by molar-refractivity contribution is 6.34. The van der Waals surface area contributed by atoms with Crippen molar-refractivity contribution >= 4 is 40.0 Å². The summed E-state index contributed by atoms with van der Waals surface area (Å²) >= 11 is 6.55. The molecular weight excluding hydrogens is 481 g/mol. The molecule has 35 heavy (non-hydrogen) atoms. The van der Waals surface area contributed by atoms with Crippen LogP contribution in [0.1, 0.15) is 25.0 Å². The highest BCUT2D eigenvalue weighted by Gasteiger charge is 2.38. The van der Waals surface area contributed by atoms with Gasteiger partial charge < -0.3 is 15.5 Å². The molecule has 3 aromatic rings. The van der Waals surface area contributed by atoms with Gasteiger partial charge in [0.2, 0.25) is 5.91 Å². The van der Waals surface area contributed by atoms with Gasteiger partial charge in [-0.1, -0.05) is 18.2 Å². The molecule has 0 aliphatic carbocycles. The van der Waals surface area contributed by atoms with Gasteiger partial charge in [-0.25, -0.2) is 15.0 Å². The number of halogens is 4. The van der Waals surface area contributed by atoms with E-state index in [1.54, 1.807) is 11.0 Å². The van der Waals surface area contributed by atoms with Crippen LogP contribution in [-0.4, -0.2) is 50.9 Å². The number of aromatic nitrogens is 3. The van der Waals surface area contributed by atoms with E-state index in [-0.39, 0.29) is 45.7 Å².